The molecule has 0 aromatic heterocycles. The van der Waals surface area contributed by atoms with Crippen molar-refractivity contribution in [1.82, 2.24) is 0 Å². The summed E-state index contributed by atoms with van der Waals surface area (Å²) < 4.78 is 0. The fourth-order valence-electron chi connectivity index (χ4n) is 1.83. The van der Waals surface area contributed by atoms with E-state index in [0.29, 0.717) is 0 Å². The molecule has 0 heterocycles. The van der Waals surface area contributed by atoms with E-state index in [0.717, 1.165) is 11.2 Å². The number of alkyl halides is 1. The lowest BCUT2D eigenvalue weighted by Gasteiger charge is -2.08. The van der Waals surface area contributed by atoms with Crippen LogP contribution in [0.2, 0.25) is 0 Å². The zero-order valence-corrected chi connectivity index (χ0v) is 8.86. The first-order chi connectivity index (χ1) is 5.34. The number of hydrogen-bond acceptors (Lipinski definition) is 0. The van der Waals surface area contributed by atoms with Crippen molar-refractivity contribution >= 4 is 15.9 Å². The van der Waals surface area contributed by atoms with E-state index in [1.807, 2.05) is 0 Å². The van der Waals surface area contributed by atoms with Crippen molar-refractivity contribution < 1.29 is 0 Å². The Kier molecular flexibility index (Phi) is 4.21. The van der Waals surface area contributed by atoms with E-state index in [2.05, 4.69) is 28.9 Å². The predicted molar refractivity (Wildman–Crippen MR) is 54.1 cm³/mol. The van der Waals surface area contributed by atoms with Crippen LogP contribution in [0.4, 0.5) is 0 Å². The molecular formula is C10H17Br. The van der Waals surface area contributed by atoms with Gasteiger partial charge in [-0.3, -0.25) is 0 Å². The fourth-order valence-corrected chi connectivity index (χ4v) is 2.06. The van der Waals surface area contributed by atoms with Gasteiger partial charge in [0.05, 0.1) is 0 Å². The van der Waals surface area contributed by atoms with Gasteiger partial charge >= 0.3 is 0 Å². The van der Waals surface area contributed by atoms with Crippen LogP contribution in [0.25, 0.3) is 0 Å². The van der Waals surface area contributed by atoms with Crippen molar-refractivity contribution in [1.29, 1.82) is 0 Å². The molecule has 1 heteroatoms. The van der Waals surface area contributed by atoms with Gasteiger partial charge in [-0.15, -0.1) is 0 Å². The minimum Gasteiger partial charge on any atom is -0.0925 e. The van der Waals surface area contributed by atoms with Gasteiger partial charge in [-0.1, -0.05) is 40.4 Å². The maximum Gasteiger partial charge on any atom is 0.00660 e. The molecular weight excluding hydrogens is 200 g/mol. The number of halogens is 1. The monoisotopic (exact) mass is 216 g/mol. The van der Waals surface area contributed by atoms with E-state index in [1.165, 1.54) is 32.1 Å². The van der Waals surface area contributed by atoms with Gasteiger partial charge in [0, 0.05) is 5.33 Å². The summed E-state index contributed by atoms with van der Waals surface area (Å²) in [4.78, 5) is 0. The Morgan fingerprint density at radius 2 is 2.09 bits per heavy atom. The second-order valence-corrected chi connectivity index (χ2v) is 4.20. The Hall–Kier alpha value is 0.220. The maximum atomic E-state index is 3.44. The third-order valence-electron chi connectivity index (χ3n) is 2.57. The Morgan fingerprint density at radius 3 is 2.64 bits per heavy atom. The van der Waals surface area contributed by atoms with Crippen molar-refractivity contribution in [3.8, 4) is 0 Å². The molecule has 1 rings (SSSR count). The Balaban J connectivity index is 2.32. The molecule has 0 aliphatic heterocycles. The smallest absolute Gasteiger partial charge is 0.00660 e. The largest absolute Gasteiger partial charge is 0.0925 e. The van der Waals surface area contributed by atoms with Crippen molar-refractivity contribution in [2.24, 2.45) is 5.92 Å². The van der Waals surface area contributed by atoms with E-state index >= 15 is 0 Å². The third kappa shape index (κ3) is 2.98. The number of hydrogen-bond donors (Lipinski definition) is 0. The lowest BCUT2D eigenvalue weighted by atomic mass is 9.98. The highest BCUT2D eigenvalue weighted by Crippen LogP contribution is 2.30. The third-order valence-corrected chi connectivity index (χ3v) is 3.03. The standard InChI is InChI=1S/C10H17Br/c1-9(5-4-8-11)10-6-2-3-7-10/h5,10H,2-4,6-8H2,1H3. The minimum absolute atomic E-state index is 0.925. The fraction of sp³-hybridized carbons (Fsp3) is 0.800. The highest BCUT2D eigenvalue weighted by molar-refractivity contribution is 9.09. The summed E-state index contributed by atoms with van der Waals surface area (Å²) >= 11 is 3.44. The minimum atomic E-state index is 0.925. The van der Waals surface area contributed by atoms with Crippen LogP contribution in [-0.2, 0) is 0 Å². The van der Waals surface area contributed by atoms with E-state index in [9.17, 15) is 0 Å². The van der Waals surface area contributed by atoms with Gasteiger partial charge in [0.2, 0.25) is 0 Å². The van der Waals surface area contributed by atoms with Gasteiger partial charge in [0.25, 0.3) is 0 Å². The van der Waals surface area contributed by atoms with Gasteiger partial charge in [-0.2, -0.15) is 0 Å². The van der Waals surface area contributed by atoms with Crippen LogP contribution < -0.4 is 0 Å². The normalized spacial score (nSPS) is 21.1. The first-order valence-corrected chi connectivity index (χ1v) is 5.69. The zero-order valence-electron chi connectivity index (χ0n) is 7.28. The first-order valence-electron chi connectivity index (χ1n) is 4.57. The zero-order chi connectivity index (χ0) is 8.10. The average Bonchev–Trinajstić information content (AvgIpc) is 2.52. The quantitative estimate of drug-likeness (QED) is 0.496. The van der Waals surface area contributed by atoms with Crippen molar-refractivity contribution in [2.45, 2.75) is 39.0 Å². The molecule has 0 N–H and O–H groups in total. The van der Waals surface area contributed by atoms with E-state index in [4.69, 9.17) is 0 Å². The van der Waals surface area contributed by atoms with Crippen LogP contribution in [0.15, 0.2) is 11.6 Å². The first kappa shape index (κ1) is 9.31. The van der Waals surface area contributed by atoms with E-state index in [-0.39, 0.29) is 0 Å². The molecule has 0 spiro atoms. The summed E-state index contributed by atoms with van der Waals surface area (Å²) in [5.41, 5.74) is 1.63. The number of allylic oxidation sites excluding steroid dienone is 2. The molecule has 1 fully saturated rings. The lowest BCUT2D eigenvalue weighted by molar-refractivity contribution is 0.639. The molecule has 11 heavy (non-hydrogen) atoms. The SMILES string of the molecule is CC(=CCCBr)C1CCCC1. The molecule has 64 valence electrons. The van der Waals surface area contributed by atoms with Crippen LogP contribution in [0.1, 0.15) is 39.0 Å². The van der Waals surface area contributed by atoms with Crippen molar-refractivity contribution in [3.63, 3.8) is 0 Å². The van der Waals surface area contributed by atoms with Gasteiger partial charge < -0.3 is 0 Å². The highest BCUT2D eigenvalue weighted by Gasteiger charge is 2.15. The topological polar surface area (TPSA) is 0 Å². The van der Waals surface area contributed by atoms with Crippen LogP contribution >= 0.6 is 15.9 Å². The molecule has 0 saturated heterocycles. The van der Waals surface area contributed by atoms with Crippen molar-refractivity contribution in [3.05, 3.63) is 11.6 Å². The van der Waals surface area contributed by atoms with Gasteiger partial charge in [0.15, 0.2) is 0 Å². The average molecular weight is 217 g/mol. The molecule has 0 bridgehead atoms. The molecule has 1 aliphatic carbocycles. The molecule has 1 aliphatic rings. The van der Waals surface area contributed by atoms with Gasteiger partial charge in [-0.25, -0.2) is 0 Å². The molecule has 0 amide bonds. The maximum absolute atomic E-state index is 3.44. The lowest BCUT2D eigenvalue weighted by Crippen LogP contribution is -1.94. The summed E-state index contributed by atoms with van der Waals surface area (Å²) in [6.07, 6.45) is 9.36. The Morgan fingerprint density at radius 1 is 1.45 bits per heavy atom. The Labute approximate surface area is 78.2 Å². The molecule has 0 aromatic rings. The second-order valence-electron chi connectivity index (χ2n) is 3.41. The Bertz CT molecular complexity index is 132. The van der Waals surface area contributed by atoms with E-state index in [1.54, 1.807) is 5.57 Å². The van der Waals surface area contributed by atoms with Gasteiger partial charge in [-0.05, 0) is 32.1 Å². The molecule has 0 nitrogen and oxygen atoms in total. The van der Waals surface area contributed by atoms with Gasteiger partial charge in [0.1, 0.15) is 0 Å². The highest BCUT2D eigenvalue weighted by atomic mass is 79.9. The summed E-state index contributed by atoms with van der Waals surface area (Å²) in [6, 6.07) is 0. The summed E-state index contributed by atoms with van der Waals surface area (Å²) in [5.74, 6) is 0.925. The summed E-state index contributed by atoms with van der Waals surface area (Å²) in [5, 5.41) is 1.11. The summed E-state index contributed by atoms with van der Waals surface area (Å²) in [6.45, 7) is 2.29. The van der Waals surface area contributed by atoms with Crippen LogP contribution in [-0.4, -0.2) is 5.33 Å². The molecule has 0 aromatic carbocycles. The summed E-state index contributed by atoms with van der Waals surface area (Å²) in [7, 11) is 0. The van der Waals surface area contributed by atoms with Crippen LogP contribution in [0.5, 0.6) is 0 Å². The van der Waals surface area contributed by atoms with Crippen LogP contribution in [0.3, 0.4) is 0 Å². The second kappa shape index (κ2) is 4.97. The molecule has 0 radical (unpaired) electrons. The van der Waals surface area contributed by atoms with Crippen LogP contribution in [0, 0.1) is 5.92 Å². The molecule has 0 unspecified atom stereocenters. The van der Waals surface area contributed by atoms with E-state index < -0.39 is 0 Å². The number of rotatable bonds is 3. The predicted octanol–water partition coefficient (Wildman–Crippen LogP) is 3.91. The molecule has 0 atom stereocenters. The van der Waals surface area contributed by atoms with Crippen molar-refractivity contribution in [2.75, 3.05) is 5.33 Å². The molecule has 1 saturated carbocycles.